The van der Waals surface area contributed by atoms with E-state index < -0.39 is 0 Å². The molecule has 1 aromatic carbocycles. The molecule has 0 bridgehead atoms. The van der Waals surface area contributed by atoms with Crippen molar-refractivity contribution in [2.24, 2.45) is 5.73 Å². The lowest BCUT2D eigenvalue weighted by Crippen LogP contribution is -2.47. The monoisotopic (exact) mass is 293 g/mol. The molecule has 0 saturated carbocycles. The molecule has 0 radical (unpaired) electrons. The van der Waals surface area contributed by atoms with Crippen molar-refractivity contribution in [3.8, 4) is 0 Å². The Morgan fingerprint density at radius 1 is 1.24 bits per heavy atom. The van der Waals surface area contributed by atoms with Crippen molar-refractivity contribution in [1.29, 1.82) is 0 Å². The first-order valence-electron chi connectivity index (χ1n) is 7.07. The first-order chi connectivity index (χ1) is 10.0. The van der Waals surface area contributed by atoms with E-state index in [1.54, 1.807) is 12.1 Å². The standard InChI is InChI=1S/C15H20FN3O2/c16-12-3-1-11(2-4-12)9-15(21)18-13-5-7-19(8-6-13)10-14(17)20/h1-4,13H,5-10H2,(H2,17,20)(H,18,21). The van der Waals surface area contributed by atoms with Gasteiger partial charge in [0.2, 0.25) is 11.8 Å². The number of nitrogens with one attached hydrogen (secondary N) is 1. The fourth-order valence-electron chi connectivity index (χ4n) is 2.52. The minimum absolute atomic E-state index is 0.0602. The molecule has 3 N–H and O–H groups in total. The van der Waals surface area contributed by atoms with E-state index in [1.807, 2.05) is 4.90 Å². The number of benzene rings is 1. The van der Waals surface area contributed by atoms with Crippen molar-refractivity contribution < 1.29 is 14.0 Å². The van der Waals surface area contributed by atoms with Gasteiger partial charge in [0.05, 0.1) is 13.0 Å². The normalized spacial score (nSPS) is 16.6. The van der Waals surface area contributed by atoms with E-state index in [0.29, 0.717) is 0 Å². The minimum atomic E-state index is -0.325. The highest BCUT2D eigenvalue weighted by molar-refractivity contribution is 5.79. The fourth-order valence-corrected chi connectivity index (χ4v) is 2.52. The van der Waals surface area contributed by atoms with Crippen LogP contribution in [-0.2, 0) is 16.0 Å². The molecule has 1 saturated heterocycles. The molecule has 1 aliphatic heterocycles. The van der Waals surface area contributed by atoms with E-state index in [0.717, 1.165) is 31.5 Å². The number of nitrogens with two attached hydrogens (primary N) is 1. The van der Waals surface area contributed by atoms with Gasteiger partial charge >= 0.3 is 0 Å². The molecule has 2 amide bonds. The summed E-state index contributed by atoms with van der Waals surface area (Å²) < 4.78 is 12.8. The van der Waals surface area contributed by atoms with Gasteiger partial charge in [0.25, 0.3) is 0 Å². The second kappa shape index (κ2) is 7.17. The molecule has 0 aliphatic carbocycles. The molecule has 1 heterocycles. The minimum Gasteiger partial charge on any atom is -0.369 e. The Morgan fingerprint density at radius 3 is 2.43 bits per heavy atom. The lowest BCUT2D eigenvalue weighted by molar-refractivity contribution is -0.122. The molecular formula is C15H20FN3O2. The SMILES string of the molecule is NC(=O)CN1CCC(NC(=O)Cc2ccc(F)cc2)CC1. The fraction of sp³-hybridized carbons (Fsp3) is 0.467. The van der Waals surface area contributed by atoms with Gasteiger partial charge in [-0.15, -0.1) is 0 Å². The molecule has 0 atom stereocenters. The molecule has 21 heavy (non-hydrogen) atoms. The van der Waals surface area contributed by atoms with Crippen molar-refractivity contribution in [2.45, 2.75) is 25.3 Å². The summed E-state index contributed by atoms with van der Waals surface area (Å²) in [5, 5.41) is 2.98. The molecule has 6 heteroatoms. The molecular weight excluding hydrogens is 273 g/mol. The third-order valence-electron chi connectivity index (χ3n) is 3.61. The Labute approximate surface area is 123 Å². The smallest absolute Gasteiger partial charge is 0.231 e. The number of nitrogens with zero attached hydrogens (tertiary/aromatic N) is 1. The van der Waals surface area contributed by atoms with Gasteiger partial charge in [-0.3, -0.25) is 14.5 Å². The lowest BCUT2D eigenvalue weighted by atomic mass is 10.0. The van der Waals surface area contributed by atoms with Crippen LogP contribution in [0, 0.1) is 5.82 Å². The van der Waals surface area contributed by atoms with Gasteiger partial charge in [-0.05, 0) is 30.5 Å². The third-order valence-corrected chi connectivity index (χ3v) is 3.61. The predicted molar refractivity (Wildman–Crippen MR) is 76.9 cm³/mol. The maximum Gasteiger partial charge on any atom is 0.231 e. The first-order valence-corrected chi connectivity index (χ1v) is 7.07. The van der Waals surface area contributed by atoms with Gasteiger partial charge in [-0.2, -0.15) is 0 Å². The van der Waals surface area contributed by atoms with Gasteiger partial charge < -0.3 is 11.1 Å². The van der Waals surface area contributed by atoms with E-state index in [9.17, 15) is 14.0 Å². The van der Waals surface area contributed by atoms with E-state index in [4.69, 9.17) is 5.73 Å². The third kappa shape index (κ3) is 5.15. The second-order valence-corrected chi connectivity index (χ2v) is 5.39. The molecule has 114 valence electrons. The number of piperidine rings is 1. The molecule has 1 aliphatic rings. The summed E-state index contributed by atoms with van der Waals surface area (Å²) in [6, 6.07) is 6.06. The van der Waals surface area contributed by atoms with Crippen LogP contribution in [0.15, 0.2) is 24.3 Å². The summed E-state index contributed by atoms with van der Waals surface area (Å²) in [4.78, 5) is 24.8. The van der Waals surface area contributed by atoms with Gasteiger partial charge in [-0.1, -0.05) is 12.1 Å². The van der Waals surface area contributed by atoms with Gasteiger partial charge in [0.15, 0.2) is 0 Å². The maximum atomic E-state index is 12.8. The molecule has 0 unspecified atom stereocenters. The predicted octanol–water partition coefficient (Wildman–Crippen LogP) is 0.434. The summed E-state index contributed by atoms with van der Waals surface area (Å²) in [7, 11) is 0. The Morgan fingerprint density at radius 2 is 1.86 bits per heavy atom. The van der Waals surface area contributed by atoms with Crippen LogP contribution in [0.5, 0.6) is 0 Å². The van der Waals surface area contributed by atoms with E-state index >= 15 is 0 Å². The molecule has 5 nitrogen and oxygen atoms in total. The summed E-state index contributed by atoms with van der Waals surface area (Å²) in [6.45, 7) is 1.78. The Kier molecular flexibility index (Phi) is 5.27. The summed E-state index contributed by atoms with van der Waals surface area (Å²) in [5.74, 6) is -0.690. The second-order valence-electron chi connectivity index (χ2n) is 5.39. The number of hydrogen-bond acceptors (Lipinski definition) is 3. The van der Waals surface area contributed by atoms with E-state index in [2.05, 4.69) is 5.32 Å². The number of carbonyl (C=O) groups is 2. The van der Waals surface area contributed by atoms with E-state index in [1.165, 1.54) is 12.1 Å². The molecule has 1 aromatic rings. The van der Waals surface area contributed by atoms with Crippen LogP contribution < -0.4 is 11.1 Å². The van der Waals surface area contributed by atoms with Crippen molar-refractivity contribution in [3.05, 3.63) is 35.6 Å². The van der Waals surface area contributed by atoms with Crippen molar-refractivity contribution in [2.75, 3.05) is 19.6 Å². The largest absolute Gasteiger partial charge is 0.369 e. The Bertz CT molecular complexity index is 496. The Balaban J connectivity index is 1.74. The number of rotatable bonds is 5. The van der Waals surface area contributed by atoms with Crippen LogP contribution >= 0.6 is 0 Å². The highest BCUT2D eigenvalue weighted by Crippen LogP contribution is 2.10. The van der Waals surface area contributed by atoms with Crippen molar-refractivity contribution in [1.82, 2.24) is 10.2 Å². The number of carbonyl (C=O) groups excluding carboxylic acids is 2. The zero-order valence-electron chi connectivity index (χ0n) is 11.8. The first kappa shape index (κ1) is 15.4. The topological polar surface area (TPSA) is 75.4 Å². The van der Waals surface area contributed by atoms with Crippen LogP contribution in [0.25, 0.3) is 0 Å². The van der Waals surface area contributed by atoms with Gasteiger partial charge in [0.1, 0.15) is 5.82 Å². The molecule has 2 rings (SSSR count). The van der Waals surface area contributed by atoms with Crippen molar-refractivity contribution in [3.63, 3.8) is 0 Å². The van der Waals surface area contributed by atoms with Gasteiger partial charge in [0, 0.05) is 19.1 Å². The number of halogens is 1. The average molecular weight is 293 g/mol. The summed E-state index contributed by atoms with van der Waals surface area (Å²) in [5.41, 5.74) is 5.95. The quantitative estimate of drug-likeness (QED) is 0.827. The number of primary amides is 1. The van der Waals surface area contributed by atoms with Gasteiger partial charge in [-0.25, -0.2) is 4.39 Å². The zero-order valence-corrected chi connectivity index (χ0v) is 11.8. The van der Waals surface area contributed by atoms with Crippen molar-refractivity contribution >= 4 is 11.8 Å². The lowest BCUT2D eigenvalue weighted by Gasteiger charge is -2.31. The van der Waals surface area contributed by atoms with Crippen LogP contribution in [0.2, 0.25) is 0 Å². The number of amides is 2. The van der Waals surface area contributed by atoms with Crippen LogP contribution in [0.1, 0.15) is 18.4 Å². The Hall–Kier alpha value is -1.95. The molecule has 1 fully saturated rings. The van der Waals surface area contributed by atoms with Crippen LogP contribution in [-0.4, -0.2) is 42.4 Å². The average Bonchev–Trinajstić information content (AvgIpc) is 2.43. The zero-order chi connectivity index (χ0) is 15.2. The van der Waals surface area contributed by atoms with E-state index in [-0.39, 0.29) is 36.6 Å². The summed E-state index contributed by atoms with van der Waals surface area (Å²) >= 11 is 0. The number of likely N-dealkylation sites (tertiary alicyclic amines) is 1. The van der Waals surface area contributed by atoms with Crippen LogP contribution in [0.4, 0.5) is 4.39 Å². The van der Waals surface area contributed by atoms with Crippen LogP contribution in [0.3, 0.4) is 0 Å². The maximum absolute atomic E-state index is 12.8. The summed E-state index contributed by atoms with van der Waals surface area (Å²) in [6.07, 6.45) is 1.87. The molecule has 0 aromatic heterocycles. The highest BCUT2D eigenvalue weighted by Gasteiger charge is 2.21. The molecule has 0 spiro atoms. The highest BCUT2D eigenvalue weighted by atomic mass is 19.1. The number of hydrogen-bond donors (Lipinski definition) is 2.